The van der Waals surface area contributed by atoms with Gasteiger partial charge in [0.1, 0.15) is 0 Å². The maximum Gasteiger partial charge on any atom is 0.167 e. The molecule has 0 saturated heterocycles. The molecule has 3 nitrogen and oxygen atoms in total. The fraction of sp³-hybridized carbons (Fsp3) is 0.350. The lowest BCUT2D eigenvalue weighted by molar-refractivity contribution is 0.172. The first-order valence-corrected chi connectivity index (χ1v) is 8.86. The maximum absolute atomic E-state index is 9.95. The molecule has 0 saturated carbocycles. The highest BCUT2D eigenvalue weighted by Crippen LogP contribution is 2.22. The van der Waals surface area contributed by atoms with Crippen LogP contribution in [-0.4, -0.2) is 22.2 Å². The fourth-order valence-corrected chi connectivity index (χ4v) is 3.23. The first-order chi connectivity index (χ1) is 11.7. The number of nitrogens with zero attached hydrogens (tertiary/aromatic N) is 1. The van der Waals surface area contributed by atoms with Gasteiger partial charge in [-0.1, -0.05) is 41.1 Å². The first kappa shape index (κ1) is 17.0. The lowest BCUT2D eigenvalue weighted by Crippen LogP contribution is -2.10. The topological polar surface area (TPSA) is 46.3 Å². The SMILES string of the molecule is Cc1cccc(CCc2noc3ccc(C[C@@H](O)CCCl)cc23)c1. The summed E-state index contributed by atoms with van der Waals surface area (Å²) in [5, 5.41) is 15.2. The van der Waals surface area contributed by atoms with Crippen molar-refractivity contribution in [1.82, 2.24) is 5.16 Å². The van der Waals surface area contributed by atoms with Gasteiger partial charge in [-0.05, 0) is 55.9 Å². The highest BCUT2D eigenvalue weighted by atomic mass is 35.5. The molecule has 2 aromatic carbocycles. The molecule has 1 atom stereocenters. The van der Waals surface area contributed by atoms with Gasteiger partial charge >= 0.3 is 0 Å². The van der Waals surface area contributed by atoms with Crippen molar-refractivity contribution in [2.45, 2.75) is 38.7 Å². The van der Waals surface area contributed by atoms with E-state index in [1.54, 1.807) is 0 Å². The van der Waals surface area contributed by atoms with Crippen LogP contribution < -0.4 is 0 Å². The first-order valence-electron chi connectivity index (χ1n) is 8.32. The van der Waals surface area contributed by atoms with Gasteiger partial charge < -0.3 is 9.63 Å². The van der Waals surface area contributed by atoms with Gasteiger partial charge in [-0.25, -0.2) is 0 Å². The molecule has 3 aromatic rings. The monoisotopic (exact) mass is 343 g/mol. The van der Waals surface area contributed by atoms with Crippen LogP contribution in [0.15, 0.2) is 47.0 Å². The Kier molecular flexibility index (Phi) is 5.54. The Morgan fingerprint density at radius 3 is 2.79 bits per heavy atom. The third-order valence-corrected chi connectivity index (χ3v) is 4.47. The number of hydrogen-bond donors (Lipinski definition) is 1. The van der Waals surface area contributed by atoms with Crippen molar-refractivity contribution in [2.24, 2.45) is 0 Å². The summed E-state index contributed by atoms with van der Waals surface area (Å²) < 4.78 is 5.44. The van der Waals surface area contributed by atoms with Gasteiger partial charge in [0.25, 0.3) is 0 Å². The Bertz CT molecular complexity index is 812. The summed E-state index contributed by atoms with van der Waals surface area (Å²) >= 11 is 5.69. The zero-order valence-electron chi connectivity index (χ0n) is 13.8. The van der Waals surface area contributed by atoms with E-state index in [1.165, 1.54) is 11.1 Å². The average Bonchev–Trinajstić information content (AvgIpc) is 2.95. The summed E-state index contributed by atoms with van der Waals surface area (Å²) in [4.78, 5) is 0. The van der Waals surface area contributed by atoms with Crippen molar-refractivity contribution < 1.29 is 9.63 Å². The van der Waals surface area contributed by atoms with Crippen LogP contribution >= 0.6 is 11.6 Å². The van der Waals surface area contributed by atoms with Crippen LogP contribution in [0.3, 0.4) is 0 Å². The molecule has 0 amide bonds. The van der Waals surface area contributed by atoms with E-state index < -0.39 is 6.10 Å². The minimum absolute atomic E-state index is 0.407. The molecular formula is C20H22ClNO2. The minimum Gasteiger partial charge on any atom is -0.393 e. The summed E-state index contributed by atoms with van der Waals surface area (Å²) in [7, 11) is 0. The number of benzene rings is 2. The summed E-state index contributed by atoms with van der Waals surface area (Å²) in [5.41, 5.74) is 5.43. The lowest BCUT2D eigenvalue weighted by atomic mass is 10.0. The van der Waals surface area contributed by atoms with Crippen molar-refractivity contribution in [3.8, 4) is 0 Å². The molecular weight excluding hydrogens is 322 g/mol. The molecule has 0 bridgehead atoms. The van der Waals surface area contributed by atoms with Gasteiger partial charge in [-0.15, -0.1) is 11.6 Å². The third-order valence-electron chi connectivity index (χ3n) is 4.26. The van der Waals surface area contributed by atoms with Gasteiger partial charge in [0.05, 0.1) is 11.8 Å². The molecule has 24 heavy (non-hydrogen) atoms. The molecule has 0 fully saturated rings. The number of aliphatic hydroxyl groups is 1. The van der Waals surface area contributed by atoms with E-state index in [-0.39, 0.29) is 0 Å². The van der Waals surface area contributed by atoms with Gasteiger partial charge in [-0.3, -0.25) is 0 Å². The Balaban J connectivity index is 1.75. The van der Waals surface area contributed by atoms with E-state index in [4.69, 9.17) is 16.1 Å². The average molecular weight is 344 g/mol. The molecule has 1 heterocycles. The molecule has 0 aliphatic rings. The van der Waals surface area contributed by atoms with Gasteiger partial charge in [0.2, 0.25) is 0 Å². The second-order valence-electron chi connectivity index (χ2n) is 6.28. The molecule has 1 N–H and O–H groups in total. The van der Waals surface area contributed by atoms with Crippen LogP contribution in [0.4, 0.5) is 0 Å². The van der Waals surface area contributed by atoms with Crippen molar-refractivity contribution in [3.05, 3.63) is 64.8 Å². The van der Waals surface area contributed by atoms with E-state index in [1.807, 2.05) is 12.1 Å². The number of aromatic nitrogens is 1. The molecule has 3 rings (SSSR count). The summed E-state index contributed by atoms with van der Waals surface area (Å²) in [5.74, 6) is 0.471. The molecule has 0 aliphatic heterocycles. The summed E-state index contributed by atoms with van der Waals surface area (Å²) in [6, 6.07) is 14.5. The van der Waals surface area contributed by atoms with Crippen LogP contribution in [0.25, 0.3) is 11.0 Å². The predicted molar refractivity (Wildman–Crippen MR) is 97.6 cm³/mol. The van der Waals surface area contributed by atoms with E-state index in [9.17, 15) is 5.11 Å². The van der Waals surface area contributed by atoms with Crippen molar-refractivity contribution in [3.63, 3.8) is 0 Å². The molecule has 0 spiro atoms. The Hall–Kier alpha value is -1.84. The highest BCUT2D eigenvalue weighted by Gasteiger charge is 2.11. The predicted octanol–water partition coefficient (Wildman–Crippen LogP) is 4.45. The molecule has 126 valence electrons. The molecule has 4 heteroatoms. The van der Waals surface area contributed by atoms with Crippen molar-refractivity contribution in [2.75, 3.05) is 5.88 Å². The maximum atomic E-state index is 9.95. The standard InChI is InChI=1S/C20H22ClNO2/c1-14-3-2-4-15(11-14)5-7-19-18-13-16(12-17(23)9-10-21)6-8-20(18)24-22-19/h2-4,6,8,11,13,17,23H,5,7,9-10,12H2,1H3/t17-/m0/s1. The summed E-state index contributed by atoms with van der Waals surface area (Å²) in [6.45, 7) is 2.10. The van der Waals surface area contributed by atoms with Crippen LogP contribution in [0.5, 0.6) is 0 Å². The van der Waals surface area contributed by atoms with Crippen molar-refractivity contribution in [1.29, 1.82) is 0 Å². The second kappa shape index (κ2) is 7.82. The van der Waals surface area contributed by atoms with Crippen LogP contribution in [0.2, 0.25) is 0 Å². The third kappa shape index (κ3) is 4.16. The minimum atomic E-state index is -0.407. The largest absolute Gasteiger partial charge is 0.393 e. The van der Waals surface area contributed by atoms with E-state index in [0.717, 1.165) is 35.1 Å². The van der Waals surface area contributed by atoms with Gasteiger partial charge in [0.15, 0.2) is 5.58 Å². The van der Waals surface area contributed by atoms with E-state index in [2.05, 4.69) is 42.4 Å². The number of alkyl halides is 1. The zero-order chi connectivity index (χ0) is 16.9. The van der Waals surface area contributed by atoms with Crippen LogP contribution in [0.1, 0.15) is 28.8 Å². The lowest BCUT2D eigenvalue weighted by Gasteiger charge is -2.08. The Morgan fingerprint density at radius 1 is 1.12 bits per heavy atom. The normalized spacial score (nSPS) is 12.6. The van der Waals surface area contributed by atoms with Gasteiger partial charge in [-0.2, -0.15) is 0 Å². The number of aliphatic hydroxyl groups excluding tert-OH is 1. The number of fused-ring (bicyclic) bond motifs is 1. The fourth-order valence-electron chi connectivity index (χ4n) is 2.97. The summed E-state index contributed by atoms with van der Waals surface area (Å²) in [6.07, 6.45) is 2.57. The van der Waals surface area contributed by atoms with E-state index in [0.29, 0.717) is 18.7 Å². The number of rotatable bonds is 7. The van der Waals surface area contributed by atoms with Gasteiger partial charge in [0, 0.05) is 11.3 Å². The number of hydrogen-bond acceptors (Lipinski definition) is 3. The van der Waals surface area contributed by atoms with Crippen LogP contribution in [-0.2, 0) is 19.3 Å². The number of aryl methyl sites for hydroxylation is 3. The van der Waals surface area contributed by atoms with E-state index >= 15 is 0 Å². The molecule has 0 unspecified atom stereocenters. The molecule has 1 aromatic heterocycles. The number of halogens is 1. The quantitative estimate of drug-likeness (QED) is 0.644. The van der Waals surface area contributed by atoms with Crippen molar-refractivity contribution >= 4 is 22.6 Å². The zero-order valence-corrected chi connectivity index (χ0v) is 14.6. The molecule has 0 radical (unpaired) electrons. The van der Waals surface area contributed by atoms with Crippen LogP contribution in [0, 0.1) is 6.92 Å². The Morgan fingerprint density at radius 2 is 2.00 bits per heavy atom. The second-order valence-corrected chi connectivity index (χ2v) is 6.66. The smallest absolute Gasteiger partial charge is 0.167 e. The Labute approximate surface area is 147 Å². The highest BCUT2D eigenvalue weighted by molar-refractivity contribution is 6.17. The molecule has 0 aliphatic carbocycles.